The Morgan fingerprint density at radius 1 is 1.00 bits per heavy atom. The molecule has 0 aliphatic carbocycles. The molecule has 2 atom stereocenters. The van der Waals surface area contributed by atoms with Crippen molar-refractivity contribution >= 4 is 18.7 Å². The maximum atomic E-state index is 6.86. The van der Waals surface area contributed by atoms with Gasteiger partial charge in [0.2, 0.25) is 0 Å². The maximum absolute atomic E-state index is 6.86. The highest BCUT2D eigenvalue weighted by atomic mass is 28.4. The SMILES string of the molecule is CC(C)(C)[Si](OC[C@H]1C[C@H](N)CO1)(c1ccccc1)c1ccccc1. The van der Waals surface area contributed by atoms with Gasteiger partial charge in [0, 0.05) is 6.04 Å². The van der Waals surface area contributed by atoms with Gasteiger partial charge in [0.1, 0.15) is 0 Å². The standard InChI is InChI=1S/C21H29NO2Si/c1-21(2,3)25(19-10-6-4-7-11-19,20-12-8-5-9-13-20)24-16-18-14-17(22)15-23-18/h4-13,17-18H,14-16,22H2,1-3H3/t17-,18+/m0/s1. The van der Waals surface area contributed by atoms with Gasteiger partial charge in [0.05, 0.1) is 19.3 Å². The van der Waals surface area contributed by atoms with Gasteiger partial charge in [-0.25, -0.2) is 0 Å². The maximum Gasteiger partial charge on any atom is 0.261 e. The first-order valence-corrected chi connectivity index (χ1v) is 11.0. The second-order valence-corrected chi connectivity index (χ2v) is 12.2. The molecule has 0 saturated carbocycles. The predicted octanol–water partition coefficient (Wildman–Crippen LogP) is 2.68. The molecule has 0 radical (unpaired) electrons. The molecule has 25 heavy (non-hydrogen) atoms. The Kier molecular flexibility index (Phi) is 5.44. The smallest absolute Gasteiger partial charge is 0.261 e. The van der Waals surface area contributed by atoms with Crippen LogP contribution in [0.3, 0.4) is 0 Å². The summed E-state index contributed by atoms with van der Waals surface area (Å²) in [5.41, 5.74) is 6.00. The van der Waals surface area contributed by atoms with Gasteiger partial charge in [-0.05, 0) is 21.8 Å². The number of rotatable bonds is 5. The highest BCUT2D eigenvalue weighted by molar-refractivity contribution is 6.99. The van der Waals surface area contributed by atoms with E-state index in [0.29, 0.717) is 13.2 Å². The number of hydrogen-bond donors (Lipinski definition) is 1. The average molecular weight is 356 g/mol. The molecule has 0 unspecified atom stereocenters. The van der Waals surface area contributed by atoms with Crippen molar-refractivity contribution in [3.8, 4) is 0 Å². The van der Waals surface area contributed by atoms with Crippen molar-refractivity contribution < 1.29 is 9.16 Å². The molecule has 4 heteroatoms. The summed E-state index contributed by atoms with van der Waals surface area (Å²) in [6.45, 7) is 8.11. The zero-order valence-electron chi connectivity index (χ0n) is 15.4. The fourth-order valence-electron chi connectivity index (χ4n) is 3.83. The molecule has 0 aromatic heterocycles. The first-order chi connectivity index (χ1) is 11.9. The Bertz CT molecular complexity index is 630. The second-order valence-electron chi connectivity index (χ2n) is 7.93. The van der Waals surface area contributed by atoms with Crippen LogP contribution in [0.15, 0.2) is 60.7 Å². The Labute approximate surface area is 152 Å². The first-order valence-electron chi connectivity index (χ1n) is 9.05. The zero-order chi connectivity index (χ0) is 17.9. The lowest BCUT2D eigenvalue weighted by Gasteiger charge is -2.43. The number of ether oxygens (including phenoxy) is 1. The van der Waals surface area contributed by atoms with Gasteiger partial charge >= 0.3 is 0 Å². The van der Waals surface area contributed by atoms with Crippen LogP contribution in [-0.2, 0) is 9.16 Å². The summed E-state index contributed by atoms with van der Waals surface area (Å²) in [5, 5.41) is 2.60. The lowest BCUT2D eigenvalue weighted by molar-refractivity contribution is 0.0639. The molecular weight excluding hydrogens is 326 g/mol. The van der Waals surface area contributed by atoms with E-state index in [0.717, 1.165) is 6.42 Å². The van der Waals surface area contributed by atoms with E-state index in [2.05, 4.69) is 81.4 Å². The molecule has 2 aromatic rings. The summed E-state index contributed by atoms with van der Waals surface area (Å²) in [6, 6.07) is 21.6. The molecule has 1 saturated heterocycles. The molecule has 3 nitrogen and oxygen atoms in total. The number of nitrogens with two attached hydrogens (primary N) is 1. The average Bonchev–Trinajstić information content (AvgIpc) is 3.02. The molecule has 0 bridgehead atoms. The van der Waals surface area contributed by atoms with Gasteiger partial charge in [0.25, 0.3) is 8.32 Å². The van der Waals surface area contributed by atoms with E-state index in [4.69, 9.17) is 14.9 Å². The van der Waals surface area contributed by atoms with E-state index >= 15 is 0 Å². The van der Waals surface area contributed by atoms with E-state index in [-0.39, 0.29) is 17.2 Å². The summed E-state index contributed by atoms with van der Waals surface area (Å²) < 4.78 is 12.7. The van der Waals surface area contributed by atoms with Gasteiger partial charge < -0.3 is 14.9 Å². The molecule has 3 rings (SSSR count). The minimum Gasteiger partial charge on any atom is -0.405 e. The minimum atomic E-state index is -2.46. The van der Waals surface area contributed by atoms with Crippen LogP contribution in [-0.4, -0.2) is 33.7 Å². The highest BCUT2D eigenvalue weighted by Crippen LogP contribution is 2.37. The van der Waals surface area contributed by atoms with E-state index in [1.54, 1.807) is 0 Å². The molecule has 1 heterocycles. The van der Waals surface area contributed by atoms with Gasteiger partial charge in [-0.3, -0.25) is 0 Å². The van der Waals surface area contributed by atoms with Crippen molar-refractivity contribution in [2.24, 2.45) is 5.73 Å². The summed E-state index contributed by atoms with van der Waals surface area (Å²) in [6.07, 6.45) is 0.967. The summed E-state index contributed by atoms with van der Waals surface area (Å²) >= 11 is 0. The van der Waals surface area contributed by atoms with Crippen molar-refractivity contribution in [3.63, 3.8) is 0 Å². The third-order valence-electron chi connectivity index (χ3n) is 5.01. The van der Waals surface area contributed by atoms with Crippen LogP contribution < -0.4 is 16.1 Å². The molecule has 1 fully saturated rings. The van der Waals surface area contributed by atoms with Crippen molar-refractivity contribution in [3.05, 3.63) is 60.7 Å². The molecule has 0 amide bonds. The molecule has 2 N–H and O–H groups in total. The summed E-state index contributed by atoms with van der Waals surface area (Å²) in [4.78, 5) is 0. The first kappa shape index (κ1) is 18.3. The predicted molar refractivity (Wildman–Crippen MR) is 106 cm³/mol. The topological polar surface area (TPSA) is 44.5 Å². The third kappa shape index (κ3) is 3.72. The zero-order valence-corrected chi connectivity index (χ0v) is 16.4. The number of hydrogen-bond acceptors (Lipinski definition) is 3. The normalized spacial score (nSPS) is 21.4. The molecule has 1 aliphatic rings. The van der Waals surface area contributed by atoms with Crippen molar-refractivity contribution in [2.75, 3.05) is 13.2 Å². The summed E-state index contributed by atoms with van der Waals surface area (Å²) in [5.74, 6) is 0. The van der Waals surface area contributed by atoms with Crippen LogP contribution in [0, 0.1) is 0 Å². The monoisotopic (exact) mass is 355 g/mol. The van der Waals surface area contributed by atoms with Gasteiger partial charge in [-0.1, -0.05) is 81.4 Å². The van der Waals surface area contributed by atoms with Gasteiger partial charge in [-0.2, -0.15) is 0 Å². The largest absolute Gasteiger partial charge is 0.405 e. The van der Waals surface area contributed by atoms with E-state index in [9.17, 15) is 0 Å². The molecular formula is C21H29NO2Si. The Morgan fingerprint density at radius 2 is 1.52 bits per heavy atom. The lowest BCUT2D eigenvalue weighted by Crippen LogP contribution is -2.67. The third-order valence-corrected chi connectivity index (χ3v) is 10.0. The van der Waals surface area contributed by atoms with E-state index in [1.165, 1.54) is 10.4 Å². The Morgan fingerprint density at radius 3 is 1.92 bits per heavy atom. The van der Waals surface area contributed by atoms with E-state index < -0.39 is 8.32 Å². The van der Waals surface area contributed by atoms with Crippen molar-refractivity contribution in [1.29, 1.82) is 0 Å². The Balaban J connectivity index is 2.02. The number of benzene rings is 2. The fraction of sp³-hybridized carbons (Fsp3) is 0.429. The van der Waals surface area contributed by atoms with Crippen LogP contribution in [0.2, 0.25) is 5.04 Å². The molecule has 1 aliphatic heterocycles. The van der Waals surface area contributed by atoms with Crippen LogP contribution in [0.25, 0.3) is 0 Å². The Hall–Kier alpha value is -1.46. The van der Waals surface area contributed by atoms with E-state index in [1.807, 2.05) is 0 Å². The lowest BCUT2D eigenvalue weighted by atomic mass is 10.2. The second kappa shape index (κ2) is 7.42. The van der Waals surface area contributed by atoms with Gasteiger partial charge in [-0.15, -0.1) is 0 Å². The van der Waals surface area contributed by atoms with Crippen molar-refractivity contribution in [1.82, 2.24) is 0 Å². The molecule has 0 spiro atoms. The molecule has 134 valence electrons. The van der Waals surface area contributed by atoms with Gasteiger partial charge in [0.15, 0.2) is 0 Å². The highest BCUT2D eigenvalue weighted by Gasteiger charge is 2.50. The van der Waals surface area contributed by atoms with Crippen molar-refractivity contribution in [2.45, 2.75) is 44.4 Å². The molecule has 2 aromatic carbocycles. The van der Waals surface area contributed by atoms with Crippen LogP contribution in [0.1, 0.15) is 27.2 Å². The minimum absolute atomic E-state index is 0.00354. The van der Waals surface area contributed by atoms with Crippen LogP contribution >= 0.6 is 0 Å². The van der Waals surface area contributed by atoms with Crippen LogP contribution in [0.5, 0.6) is 0 Å². The quantitative estimate of drug-likeness (QED) is 0.839. The summed E-state index contributed by atoms with van der Waals surface area (Å²) in [7, 11) is -2.46. The fourth-order valence-corrected chi connectivity index (χ4v) is 8.42. The van der Waals surface area contributed by atoms with Crippen LogP contribution in [0.4, 0.5) is 0 Å².